The smallest absolute Gasteiger partial charge is 0.0445 e. The first-order valence-corrected chi connectivity index (χ1v) is 1.35. The average Bonchev–Trinajstić information content (AvgIpc) is 0.811. The number of halogens is 1. The lowest BCUT2D eigenvalue weighted by Gasteiger charge is -1.65. The van der Waals surface area contributed by atoms with Crippen LogP contribution in [0.1, 0.15) is 13.8 Å². The van der Waals surface area contributed by atoms with Crippen molar-refractivity contribution in [3.05, 3.63) is 12.2 Å². The molecule has 32 valence electrons. The highest BCUT2D eigenvalue weighted by atomic mass is 127. The van der Waals surface area contributed by atoms with Crippen molar-refractivity contribution >= 4 is 24.0 Å². The van der Waals surface area contributed by atoms with Gasteiger partial charge in [-0.25, -0.2) is 0 Å². The van der Waals surface area contributed by atoms with E-state index < -0.39 is 0 Å². The molecule has 0 atom stereocenters. The van der Waals surface area contributed by atoms with E-state index in [0.717, 1.165) is 0 Å². The molecule has 0 spiro atoms. The van der Waals surface area contributed by atoms with Crippen LogP contribution in [0, 0.1) is 0 Å². The van der Waals surface area contributed by atoms with E-state index in [2.05, 4.69) is 6.58 Å². The van der Waals surface area contributed by atoms with Crippen molar-refractivity contribution in [3.63, 3.8) is 0 Å². The van der Waals surface area contributed by atoms with Crippen LogP contribution in [0.3, 0.4) is 0 Å². The topological polar surface area (TPSA) is 0 Å². The van der Waals surface area contributed by atoms with Gasteiger partial charge in [-0.2, -0.15) is 0 Å². The van der Waals surface area contributed by atoms with Crippen LogP contribution in [0.4, 0.5) is 0 Å². The van der Waals surface area contributed by atoms with Crippen LogP contribution in [0.5, 0.6) is 0 Å². The second-order valence-corrected chi connectivity index (χ2v) is 1.21. The van der Waals surface area contributed by atoms with E-state index in [4.69, 9.17) is 0 Å². The van der Waals surface area contributed by atoms with Crippen molar-refractivity contribution in [2.45, 2.75) is 13.8 Å². The van der Waals surface area contributed by atoms with Crippen LogP contribution in [0.2, 0.25) is 0 Å². The van der Waals surface area contributed by atoms with Gasteiger partial charge in [0.25, 0.3) is 0 Å². The lowest BCUT2D eigenvalue weighted by molar-refractivity contribution is 1.42. The van der Waals surface area contributed by atoms with Gasteiger partial charge < -0.3 is 0 Å². The summed E-state index contributed by atoms with van der Waals surface area (Å²) in [5.41, 5.74) is 1.17. The summed E-state index contributed by atoms with van der Waals surface area (Å²) >= 11 is 0. The standard InChI is InChI=1S/C4H8.HI/c1-4(2)3;/h1H2,2-3H3;1H. The van der Waals surface area contributed by atoms with E-state index in [0.29, 0.717) is 0 Å². The average molecular weight is 184 g/mol. The lowest BCUT2D eigenvalue weighted by Crippen LogP contribution is -1.43. The second-order valence-electron chi connectivity index (χ2n) is 1.21. The number of hydrogen-bond donors (Lipinski definition) is 0. The van der Waals surface area contributed by atoms with Crippen molar-refractivity contribution in [1.29, 1.82) is 0 Å². The summed E-state index contributed by atoms with van der Waals surface area (Å²) in [6, 6.07) is 0. The van der Waals surface area contributed by atoms with Crippen molar-refractivity contribution in [2.75, 3.05) is 0 Å². The van der Waals surface area contributed by atoms with Gasteiger partial charge in [0.15, 0.2) is 0 Å². The van der Waals surface area contributed by atoms with Gasteiger partial charge in [0.1, 0.15) is 0 Å². The summed E-state index contributed by atoms with van der Waals surface area (Å²) in [6.07, 6.45) is 0. The fourth-order valence-corrected chi connectivity index (χ4v) is 0. The predicted molar refractivity (Wildman–Crippen MR) is 35.9 cm³/mol. The van der Waals surface area contributed by atoms with Crippen molar-refractivity contribution in [1.82, 2.24) is 0 Å². The molecule has 0 aliphatic heterocycles. The van der Waals surface area contributed by atoms with Gasteiger partial charge in [0, 0.05) is 0 Å². The molecule has 0 amide bonds. The molecule has 0 saturated carbocycles. The third kappa shape index (κ3) is 123. The van der Waals surface area contributed by atoms with E-state index >= 15 is 0 Å². The van der Waals surface area contributed by atoms with Crippen LogP contribution in [0.25, 0.3) is 0 Å². The molecule has 0 aliphatic rings. The SMILES string of the molecule is C=C(C)C.I. The van der Waals surface area contributed by atoms with E-state index in [1.54, 1.807) is 0 Å². The summed E-state index contributed by atoms with van der Waals surface area (Å²) in [6.45, 7) is 7.50. The van der Waals surface area contributed by atoms with Gasteiger partial charge in [-0.15, -0.1) is 30.6 Å². The Balaban J connectivity index is 0. The molecule has 0 rings (SSSR count). The third-order valence-electron chi connectivity index (χ3n) is 0. The maximum absolute atomic E-state index is 3.56. The Morgan fingerprint density at radius 3 is 1.40 bits per heavy atom. The van der Waals surface area contributed by atoms with Crippen LogP contribution in [-0.4, -0.2) is 0 Å². The molecule has 0 unspecified atom stereocenters. The number of rotatable bonds is 0. The van der Waals surface area contributed by atoms with E-state index in [-0.39, 0.29) is 24.0 Å². The minimum absolute atomic E-state index is 0. The van der Waals surface area contributed by atoms with Gasteiger partial charge >= 0.3 is 0 Å². The first kappa shape index (κ1) is 9.08. The minimum Gasteiger partial charge on any atom is -0.107 e. The normalized spacial score (nSPS) is 5.20. The number of hydrogen-bond acceptors (Lipinski definition) is 0. The molecule has 0 aromatic rings. The van der Waals surface area contributed by atoms with E-state index in [1.807, 2.05) is 13.8 Å². The Kier molecular flexibility index (Phi) is 8.11. The van der Waals surface area contributed by atoms with Gasteiger partial charge in [0.05, 0.1) is 0 Å². The van der Waals surface area contributed by atoms with Crippen molar-refractivity contribution < 1.29 is 0 Å². The molecule has 0 aliphatic carbocycles. The Morgan fingerprint density at radius 2 is 1.40 bits per heavy atom. The Labute approximate surface area is 50.3 Å². The number of allylic oxidation sites excluding steroid dienone is 1. The summed E-state index contributed by atoms with van der Waals surface area (Å²) in [4.78, 5) is 0. The highest BCUT2D eigenvalue weighted by Gasteiger charge is 1.51. The Bertz CT molecular complexity index is 26.6. The lowest BCUT2D eigenvalue weighted by atomic mass is 10.4. The largest absolute Gasteiger partial charge is 0.107 e. The molecule has 5 heavy (non-hydrogen) atoms. The molecule has 0 radical (unpaired) electrons. The molecule has 0 aromatic heterocycles. The zero-order valence-corrected chi connectivity index (χ0v) is 5.95. The maximum Gasteiger partial charge on any atom is -0.0445 e. The van der Waals surface area contributed by atoms with Gasteiger partial charge in [0.2, 0.25) is 0 Å². The summed E-state index contributed by atoms with van der Waals surface area (Å²) < 4.78 is 0. The zero-order chi connectivity index (χ0) is 3.58. The molecule has 0 bridgehead atoms. The van der Waals surface area contributed by atoms with Gasteiger partial charge in [-0.1, -0.05) is 5.57 Å². The minimum atomic E-state index is 0. The second kappa shape index (κ2) is 4.47. The molecule has 0 saturated heterocycles. The van der Waals surface area contributed by atoms with Crippen LogP contribution < -0.4 is 0 Å². The Morgan fingerprint density at radius 1 is 1.40 bits per heavy atom. The summed E-state index contributed by atoms with van der Waals surface area (Å²) in [5, 5.41) is 0. The highest BCUT2D eigenvalue weighted by molar-refractivity contribution is 14.0. The quantitative estimate of drug-likeness (QED) is 0.400. The molecule has 0 fully saturated rings. The van der Waals surface area contributed by atoms with Gasteiger partial charge in [-0.05, 0) is 13.8 Å². The highest BCUT2D eigenvalue weighted by Crippen LogP contribution is 1.73. The van der Waals surface area contributed by atoms with Crippen molar-refractivity contribution in [3.8, 4) is 0 Å². The molecular weight excluding hydrogens is 175 g/mol. The maximum atomic E-state index is 3.56. The molecule has 1 heteroatoms. The third-order valence-corrected chi connectivity index (χ3v) is 0. The van der Waals surface area contributed by atoms with E-state index in [9.17, 15) is 0 Å². The van der Waals surface area contributed by atoms with Crippen LogP contribution in [0.15, 0.2) is 12.2 Å². The first-order chi connectivity index (χ1) is 1.73. The first-order valence-electron chi connectivity index (χ1n) is 1.35. The molecule has 0 N–H and O–H groups in total. The molecule has 0 heterocycles. The zero-order valence-electron chi connectivity index (χ0n) is 3.62. The summed E-state index contributed by atoms with van der Waals surface area (Å²) in [5.74, 6) is 0. The predicted octanol–water partition coefficient (Wildman–Crippen LogP) is 2.20. The van der Waals surface area contributed by atoms with Crippen LogP contribution >= 0.6 is 24.0 Å². The summed E-state index contributed by atoms with van der Waals surface area (Å²) in [7, 11) is 0. The van der Waals surface area contributed by atoms with E-state index in [1.165, 1.54) is 5.57 Å². The van der Waals surface area contributed by atoms with Crippen LogP contribution in [-0.2, 0) is 0 Å². The molecular formula is C4H9I. The fraction of sp³-hybridized carbons (Fsp3) is 0.500. The Hall–Kier alpha value is 0.470. The molecule has 0 aromatic carbocycles. The van der Waals surface area contributed by atoms with Crippen molar-refractivity contribution in [2.24, 2.45) is 0 Å². The molecule has 0 nitrogen and oxygen atoms in total. The monoisotopic (exact) mass is 184 g/mol. The fourth-order valence-electron chi connectivity index (χ4n) is 0. The van der Waals surface area contributed by atoms with Gasteiger partial charge in [-0.3, -0.25) is 0 Å².